The Kier molecular flexibility index (Phi) is 3.79. The van der Waals surface area contributed by atoms with Crippen molar-refractivity contribution < 1.29 is 9.90 Å². The van der Waals surface area contributed by atoms with E-state index in [2.05, 4.69) is 15.4 Å². The zero-order chi connectivity index (χ0) is 13.8. The summed E-state index contributed by atoms with van der Waals surface area (Å²) in [6.07, 6.45) is 3.75. The fourth-order valence-electron chi connectivity index (χ4n) is 1.77. The van der Waals surface area contributed by atoms with E-state index in [1.807, 2.05) is 17.8 Å². The van der Waals surface area contributed by atoms with Gasteiger partial charge < -0.3 is 10.4 Å². The normalized spacial score (nSPS) is 10.4. The average molecular weight is 260 g/mol. The number of aromatic carboxylic acids is 1. The number of anilines is 1. The first-order valence-corrected chi connectivity index (χ1v) is 5.99. The minimum absolute atomic E-state index is 0.241. The third-order valence-electron chi connectivity index (χ3n) is 2.61. The minimum atomic E-state index is -0.948. The summed E-state index contributed by atoms with van der Waals surface area (Å²) in [7, 11) is 0. The largest absolute Gasteiger partial charge is 0.478 e. The highest BCUT2D eigenvalue weighted by Gasteiger charge is 2.06. The van der Waals surface area contributed by atoms with Crippen molar-refractivity contribution in [3.8, 4) is 0 Å². The molecule has 2 aromatic heterocycles. The van der Waals surface area contributed by atoms with Gasteiger partial charge in [-0.25, -0.2) is 9.78 Å². The highest BCUT2D eigenvalue weighted by molar-refractivity contribution is 5.88. The lowest BCUT2D eigenvalue weighted by molar-refractivity contribution is 0.0696. The Morgan fingerprint density at radius 3 is 2.84 bits per heavy atom. The second kappa shape index (κ2) is 5.51. The summed E-state index contributed by atoms with van der Waals surface area (Å²) >= 11 is 0. The third kappa shape index (κ3) is 3.54. The summed E-state index contributed by atoms with van der Waals surface area (Å²) in [5.74, 6) is -0.377. The number of carboxylic acids is 1. The molecule has 0 saturated carbocycles. The van der Waals surface area contributed by atoms with Crippen LogP contribution in [0.1, 0.15) is 21.6 Å². The number of nitrogens with one attached hydrogen (secondary N) is 1. The van der Waals surface area contributed by atoms with Crippen LogP contribution in [0.25, 0.3) is 0 Å². The van der Waals surface area contributed by atoms with E-state index in [0.29, 0.717) is 24.6 Å². The number of carbonyl (C=O) groups is 1. The summed E-state index contributed by atoms with van der Waals surface area (Å²) in [5, 5.41) is 16.2. The van der Waals surface area contributed by atoms with Crippen molar-refractivity contribution in [2.45, 2.75) is 20.4 Å². The van der Waals surface area contributed by atoms with E-state index >= 15 is 0 Å². The van der Waals surface area contributed by atoms with Crippen LogP contribution in [0.4, 0.5) is 5.82 Å². The SMILES string of the molecule is Cc1cnn(CCNc2cc(C(=O)O)cc(C)n2)c1. The van der Waals surface area contributed by atoms with Gasteiger partial charge in [0.15, 0.2) is 0 Å². The van der Waals surface area contributed by atoms with Crippen LogP contribution in [0.5, 0.6) is 0 Å². The number of hydrogen-bond acceptors (Lipinski definition) is 4. The van der Waals surface area contributed by atoms with Crippen LogP contribution in [0.15, 0.2) is 24.5 Å². The highest BCUT2D eigenvalue weighted by Crippen LogP contribution is 2.10. The summed E-state index contributed by atoms with van der Waals surface area (Å²) in [5.41, 5.74) is 2.03. The topological polar surface area (TPSA) is 80.0 Å². The maximum atomic E-state index is 10.9. The van der Waals surface area contributed by atoms with Gasteiger partial charge in [0.1, 0.15) is 5.82 Å². The first-order valence-electron chi connectivity index (χ1n) is 5.99. The zero-order valence-corrected chi connectivity index (χ0v) is 10.9. The van der Waals surface area contributed by atoms with E-state index in [1.165, 1.54) is 6.07 Å². The zero-order valence-electron chi connectivity index (χ0n) is 10.9. The first kappa shape index (κ1) is 13.1. The van der Waals surface area contributed by atoms with Gasteiger partial charge in [0, 0.05) is 18.4 Å². The molecule has 0 aromatic carbocycles. The smallest absolute Gasteiger partial charge is 0.335 e. The number of rotatable bonds is 5. The van der Waals surface area contributed by atoms with E-state index < -0.39 is 5.97 Å². The van der Waals surface area contributed by atoms with Crippen molar-refractivity contribution in [3.63, 3.8) is 0 Å². The van der Waals surface area contributed by atoms with Crippen LogP contribution < -0.4 is 5.32 Å². The summed E-state index contributed by atoms with van der Waals surface area (Å²) < 4.78 is 1.83. The molecule has 0 radical (unpaired) electrons. The van der Waals surface area contributed by atoms with Crippen LogP contribution >= 0.6 is 0 Å². The molecule has 2 heterocycles. The molecule has 2 aromatic rings. The molecular formula is C13H16N4O2. The maximum Gasteiger partial charge on any atom is 0.335 e. The lowest BCUT2D eigenvalue weighted by Gasteiger charge is -2.07. The Labute approximate surface area is 111 Å². The van der Waals surface area contributed by atoms with E-state index in [0.717, 1.165) is 5.56 Å². The van der Waals surface area contributed by atoms with Crippen molar-refractivity contribution >= 4 is 11.8 Å². The molecule has 2 rings (SSSR count). The fraction of sp³-hybridized carbons (Fsp3) is 0.308. The van der Waals surface area contributed by atoms with Crippen molar-refractivity contribution in [1.82, 2.24) is 14.8 Å². The predicted molar refractivity (Wildman–Crippen MR) is 71.4 cm³/mol. The Hall–Kier alpha value is -2.37. The Balaban J connectivity index is 1.97. The van der Waals surface area contributed by atoms with Gasteiger partial charge in [0.2, 0.25) is 0 Å². The Morgan fingerprint density at radius 1 is 1.42 bits per heavy atom. The number of aryl methyl sites for hydroxylation is 2. The second-order valence-electron chi connectivity index (χ2n) is 4.40. The summed E-state index contributed by atoms with van der Waals surface area (Å²) in [6.45, 7) is 5.09. The summed E-state index contributed by atoms with van der Waals surface area (Å²) in [6, 6.07) is 3.08. The first-order chi connectivity index (χ1) is 9.04. The molecule has 0 spiro atoms. The molecule has 0 aliphatic carbocycles. The molecule has 6 nitrogen and oxygen atoms in total. The van der Waals surface area contributed by atoms with Gasteiger partial charge in [0.25, 0.3) is 0 Å². The highest BCUT2D eigenvalue weighted by atomic mass is 16.4. The van der Waals surface area contributed by atoms with E-state index in [9.17, 15) is 4.79 Å². The molecule has 0 fully saturated rings. The van der Waals surface area contributed by atoms with Crippen LogP contribution in [-0.4, -0.2) is 32.4 Å². The maximum absolute atomic E-state index is 10.9. The predicted octanol–water partition coefficient (Wildman–Crippen LogP) is 1.71. The molecule has 0 saturated heterocycles. The van der Waals surface area contributed by atoms with Gasteiger partial charge in [-0.1, -0.05) is 0 Å². The number of pyridine rings is 1. The number of aromatic nitrogens is 3. The van der Waals surface area contributed by atoms with Crippen LogP contribution in [-0.2, 0) is 6.54 Å². The quantitative estimate of drug-likeness (QED) is 0.855. The van der Waals surface area contributed by atoms with Crippen molar-refractivity contribution in [2.24, 2.45) is 0 Å². The molecule has 2 N–H and O–H groups in total. The molecule has 0 atom stereocenters. The van der Waals surface area contributed by atoms with Crippen LogP contribution in [0.3, 0.4) is 0 Å². The molecule has 19 heavy (non-hydrogen) atoms. The number of nitrogens with zero attached hydrogens (tertiary/aromatic N) is 3. The van der Waals surface area contributed by atoms with Crippen molar-refractivity contribution in [1.29, 1.82) is 0 Å². The van der Waals surface area contributed by atoms with Crippen molar-refractivity contribution in [2.75, 3.05) is 11.9 Å². The lowest BCUT2D eigenvalue weighted by atomic mass is 10.2. The number of hydrogen-bond donors (Lipinski definition) is 2. The van der Waals surface area contributed by atoms with Gasteiger partial charge in [-0.2, -0.15) is 5.10 Å². The summed E-state index contributed by atoms with van der Waals surface area (Å²) in [4.78, 5) is 15.2. The molecule has 0 amide bonds. The van der Waals surface area contributed by atoms with E-state index in [1.54, 1.807) is 19.2 Å². The molecule has 0 bridgehead atoms. The van der Waals surface area contributed by atoms with E-state index in [4.69, 9.17) is 5.11 Å². The van der Waals surface area contributed by atoms with Gasteiger partial charge in [-0.3, -0.25) is 4.68 Å². The molecule has 6 heteroatoms. The Morgan fingerprint density at radius 2 is 2.21 bits per heavy atom. The monoisotopic (exact) mass is 260 g/mol. The van der Waals surface area contributed by atoms with Gasteiger partial charge >= 0.3 is 5.97 Å². The van der Waals surface area contributed by atoms with E-state index in [-0.39, 0.29) is 5.56 Å². The third-order valence-corrected chi connectivity index (χ3v) is 2.61. The van der Waals surface area contributed by atoms with Gasteiger partial charge in [-0.15, -0.1) is 0 Å². The van der Waals surface area contributed by atoms with Crippen molar-refractivity contribution in [3.05, 3.63) is 41.3 Å². The second-order valence-corrected chi connectivity index (χ2v) is 4.40. The fourth-order valence-corrected chi connectivity index (χ4v) is 1.77. The van der Waals surface area contributed by atoms with Gasteiger partial charge in [0.05, 0.1) is 18.3 Å². The molecule has 100 valence electrons. The average Bonchev–Trinajstić information content (AvgIpc) is 2.74. The standard InChI is InChI=1S/C13H16N4O2/c1-9-7-15-17(8-9)4-3-14-12-6-11(13(18)19)5-10(2)16-12/h5-8H,3-4H2,1-2H3,(H,14,16)(H,18,19). The Bertz CT molecular complexity index is 592. The molecular weight excluding hydrogens is 244 g/mol. The van der Waals surface area contributed by atoms with Crippen LogP contribution in [0.2, 0.25) is 0 Å². The van der Waals surface area contributed by atoms with Crippen LogP contribution in [0, 0.1) is 13.8 Å². The molecule has 0 aliphatic rings. The number of carboxylic acid groups (broad SMARTS) is 1. The molecule has 0 unspecified atom stereocenters. The lowest BCUT2D eigenvalue weighted by Crippen LogP contribution is -2.12. The van der Waals surface area contributed by atoms with Gasteiger partial charge in [-0.05, 0) is 31.5 Å². The minimum Gasteiger partial charge on any atom is -0.478 e. The molecule has 0 aliphatic heterocycles.